The monoisotopic (exact) mass is 486 g/mol. The Labute approximate surface area is 178 Å². The predicted octanol–water partition coefficient (Wildman–Crippen LogP) is 3.42. The number of rotatable bonds is 7. The Bertz CT molecular complexity index is 739. The van der Waals surface area contributed by atoms with Crippen LogP contribution in [0.1, 0.15) is 17.2 Å². The number of aliphatic imine (C=N–C) groups is 1. The van der Waals surface area contributed by atoms with Crippen LogP contribution < -0.4 is 15.4 Å². The Kier molecular flexibility index (Phi) is 10.1. The molecule has 148 valence electrons. The average Bonchev–Trinajstić information content (AvgIpc) is 2.65. The summed E-state index contributed by atoms with van der Waals surface area (Å²) in [6.07, 6.45) is 0. The molecular formula is C20H28FIN4O. The normalized spacial score (nSPS) is 12.3. The van der Waals surface area contributed by atoms with E-state index < -0.39 is 0 Å². The lowest BCUT2D eigenvalue weighted by molar-refractivity contribution is 0.297. The van der Waals surface area contributed by atoms with Crippen molar-refractivity contribution < 1.29 is 9.13 Å². The number of hydrogen-bond acceptors (Lipinski definition) is 3. The van der Waals surface area contributed by atoms with E-state index >= 15 is 0 Å². The van der Waals surface area contributed by atoms with Crippen LogP contribution >= 0.6 is 24.0 Å². The van der Waals surface area contributed by atoms with Crippen molar-refractivity contribution in [2.45, 2.75) is 12.6 Å². The number of benzene rings is 2. The third kappa shape index (κ3) is 6.99. The molecule has 0 saturated heterocycles. The molecule has 0 saturated carbocycles. The third-order valence-electron chi connectivity index (χ3n) is 4.19. The lowest BCUT2D eigenvalue weighted by Gasteiger charge is -2.26. The van der Waals surface area contributed by atoms with Crippen molar-refractivity contribution in [3.63, 3.8) is 0 Å². The van der Waals surface area contributed by atoms with Crippen LogP contribution in [0.15, 0.2) is 53.5 Å². The highest BCUT2D eigenvalue weighted by Gasteiger charge is 2.15. The molecule has 0 bridgehead atoms. The van der Waals surface area contributed by atoms with E-state index in [2.05, 4.69) is 26.6 Å². The molecule has 0 aliphatic heterocycles. The second-order valence-electron chi connectivity index (χ2n) is 6.15. The first-order valence-electron chi connectivity index (χ1n) is 8.53. The van der Waals surface area contributed by atoms with Gasteiger partial charge in [0.05, 0.1) is 13.2 Å². The fraction of sp³-hybridized carbons (Fsp3) is 0.350. The Morgan fingerprint density at radius 1 is 1.15 bits per heavy atom. The summed E-state index contributed by atoms with van der Waals surface area (Å²) in [4.78, 5) is 6.35. The third-order valence-corrected chi connectivity index (χ3v) is 4.19. The molecule has 7 heteroatoms. The van der Waals surface area contributed by atoms with E-state index in [9.17, 15) is 4.39 Å². The van der Waals surface area contributed by atoms with Crippen molar-refractivity contribution in [1.82, 2.24) is 15.5 Å². The minimum atomic E-state index is -0.224. The minimum absolute atomic E-state index is 0. The molecule has 2 rings (SSSR count). The molecule has 2 aromatic rings. The number of hydrogen-bond donors (Lipinski definition) is 2. The molecule has 0 aromatic heterocycles. The summed E-state index contributed by atoms with van der Waals surface area (Å²) >= 11 is 0. The lowest BCUT2D eigenvalue weighted by atomic mass is 10.1. The van der Waals surface area contributed by atoms with Crippen molar-refractivity contribution in [1.29, 1.82) is 0 Å². The Hall–Kier alpha value is -1.87. The maximum Gasteiger partial charge on any atom is 0.191 e. The summed E-state index contributed by atoms with van der Waals surface area (Å²) in [5, 5.41) is 6.46. The number of likely N-dealkylation sites (N-methyl/N-ethyl adjacent to an activating group) is 1. The summed E-state index contributed by atoms with van der Waals surface area (Å²) in [6.45, 7) is 1.02. The zero-order valence-corrected chi connectivity index (χ0v) is 18.5. The van der Waals surface area contributed by atoms with Crippen LogP contribution in [-0.4, -0.2) is 45.7 Å². The standard InChI is InChI=1S/C20H27FN4O.HI/c1-22-20(23-13-16-8-5-6-11-18(16)21)24-14-19(25(2)3)15-9-7-10-17(12-15)26-4;/h5-12,19H,13-14H2,1-4H3,(H2,22,23,24);1H. The quantitative estimate of drug-likeness (QED) is 0.358. The lowest BCUT2D eigenvalue weighted by Crippen LogP contribution is -2.41. The first-order chi connectivity index (χ1) is 12.5. The SMILES string of the molecule is CN=C(NCc1ccccc1F)NCC(c1cccc(OC)c1)N(C)C.I. The number of nitrogens with one attached hydrogen (secondary N) is 2. The first kappa shape index (κ1) is 23.2. The molecule has 0 spiro atoms. The highest BCUT2D eigenvalue weighted by molar-refractivity contribution is 14.0. The molecule has 0 radical (unpaired) electrons. The van der Waals surface area contributed by atoms with Gasteiger partial charge in [0.2, 0.25) is 0 Å². The molecule has 0 heterocycles. The fourth-order valence-corrected chi connectivity index (χ4v) is 2.68. The van der Waals surface area contributed by atoms with Gasteiger partial charge in [0.25, 0.3) is 0 Å². The number of ether oxygens (including phenoxy) is 1. The highest BCUT2D eigenvalue weighted by Crippen LogP contribution is 2.22. The maximum absolute atomic E-state index is 13.7. The average molecular weight is 486 g/mol. The summed E-state index contributed by atoms with van der Waals surface area (Å²) in [5.74, 6) is 1.23. The van der Waals surface area contributed by atoms with Crippen LogP contribution in [0, 0.1) is 5.82 Å². The predicted molar refractivity (Wildman–Crippen MR) is 119 cm³/mol. The van der Waals surface area contributed by atoms with Crippen molar-refractivity contribution >= 4 is 29.9 Å². The van der Waals surface area contributed by atoms with E-state index in [0.29, 0.717) is 24.6 Å². The van der Waals surface area contributed by atoms with Gasteiger partial charge in [-0.25, -0.2) is 4.39 Å². The molecule has 1 atom stereocenters. The van der Waals surface area contributed by atoms with Crippen molar-refractivity contribution in [2.24, 2.45) is 4.99 Å². The number of guanidine groups is 1. The van der Waals surface area contributed by atoms with Crippen LogP contribution in [0.3, 0.4) is 0 Å². The van der Waals surface area contributed by atoms with E-state index in [1.807, 2.05) is 38.4 Å². The van der Waals surface area contributed by atoms with Gasteiger partial charge >= 0.3 is 0 Å². The molecule has 27 heavy (non-hydrogen) atoms. The largest absolute Gasteiger partial charge is 0.497 e. The van der Waals surface area contributed by atoms with E-state index in [1.165, 1.54) is 6.07 Å². The van der Waals surface area contributed by atoms with Crippen LogP contribution in [0.25, 0.3) is 0 Å². The molecule has 0 fully saturated rings. The minimum Gasteiger partial charge on any atom is -0.497 e. The van der Waals surface area contributed by atoms with Gasteiger partial charge in [-0.3, -0.25) is 4.99 Å². The fourth-order valence-electron chi connectivity index (χ4n) is 2.68. The van der Waals surface area contributed by atoms with Gasteiger partial charge in [0, 0.05) is 25.7 Å². The van der Waals surface area contributed by atoms with Gasteiger partial charge in [-0.1, -0.05) is 30.3 Å². The Balaban J connectivity index is 0.00000364. The second kappa shape index (κ2) is 11.8. The van der Waals surface area contributed by atoms with Gasteiger partial charge in [-0.05, 0) is 37.9 Å². The molecular weight excluding hydrogens is 458 g/mol. The molecule has 0 amide bonds. The molecule has 5 nitrogen and oxygen atoms in total. The molecule has 2 aromatic carbocycles. The van der Waals surface area contributed by atoms with Crippen LogP contribution in [0.4, 0.5) is 4.39 Å². The first-order valence-corrected chi connectivity index (χ1v) is 8.53. The Morgan fingerprint density at radius 2 is 1.89 bits per heavy atom. The zero-order chi connectivity index (χ0) is 18.9. The van der Waals surface area contributed by atoms with E-state index in [4.69, 9.17) is 4.74 Å². The molecule has 0 aliphatic carbocycles. The summed E-state index contributed by atoms with van der Waals surface area (Å²) in [7, 11) is 7.42. The summed E-state index contributed by atoms with van der Waals surface area (Å²) in [5.41, 5.74) is 1.75. The topological polar surface area (TPSA) is 48.9 Å². The van der Waals surface area contributed by atoms with E-state index in [0.717, 1.165) is 11.3 Å². The zero-order valence-electron chi connectivity index (χ0n) is 16.2. The number of halogens is 2. The van der Waals surface area contributed by atoms with Gasteiger partial charge in [-0.2, -0.15) is 0 Å². The van der Waals surface area contributed by atoms with Crippen LogP contribution in [0.2, 0.25) is 0 Å². The van der Waals surface area contributed by atoms with Crippen molar-refractivity contribution in [3.05, 3.63) is 65.5 Å². The van der Waals surface area contributed by atoms with E-state index in [1.54, 1.807) is 26.3 Å². The molecule has 2 N–H and O–H groups in total. The van der Waals surface area contributed by atoms with Gasteiger partial charge in [-0.15, -0.1) is 24.0 Å². The number of methoxy groups -OCH3 is 1. The molecule has 1 unspecified atom stereocenters. The van der Waals surface area contributed by atoms with E-state index in [-0.39, 0.29) is 35.8 Å². The highest BCUT2D eigenvalue weighted by atomic mass is 127. The Morgan fingerprint density at radius 3 is 2.52 bits per heavy atom. The van der Waals surface area contributed by atoms with Crippen molar-refractivity contribution in [2.75, 3.05) is 34.8 Å². The smallest absolute Gasteiger partial charge is 0.191 e. The van der Waals surface area contributed by atoms with Crippen LogP contribution in [0.5, 0.6) is 5.75 Å². The molecule has 0 aliphatic rings. The number of nitrogens with zero attached hydrogens (tertiary/aromatic N) is 2. The van der Waals surface area contributed by atoms with Gasteiger partial charge < -0.3 is 20.3 Å². The summed E-state index contributed by atoms with van der Waals surface area (Å²) < 4.78 is 19.1. The maximum atomic E-state index is 13.7. The van der Waals surface area contributed by atoms with Gasteiger partial charge in [0.15, 0.2) is 5.96 Å². The second-order valence-corrected chi connectivity index (χ2v) is 6.15. The van der Waals surface area contributed by atoms with Crippen molar-refractivity contribution in [3.8, 4) is 5.75 Å². The summed E-state index contributed by atoms with van der Waals surface area (Å²) in [6, 6.07) is 14.9. The van der Waals surface area contributed by atoms with Crippen LogP contribution in [-0.2, 0) is 6.54 Å². The van der Waals surface area contributed by atoms with Gasteiger partial charge in [0.1, 0.15) is 11.6 Å².